The van der Waals surface area contributed by atoms with E-state index in [4.69, 9.17) is 13.9 Å². The van der Waals surface area contributed by atoms with Gasteiger partial charge in [0.15, 0.2) is 19.8 Å². The van der Waals surface area contributed by atoms with Crippen molar-refractivity contribution in [1.29, 1.82) is 0 Å². The molecule has 0 fully saturated rings. The molecule has 1 rings (SSSR count). The maximum atomic E-state index is 5.73. The summed E-state index contributed by atoms with van der Waals surface area (Å²) in [5.41, 5.74) is 1.29. The molecular weight excluding hydrogens is 268 g/mol. The molecule has 0 aliphatic rings. The zero-order chi connectivity index (χ0) is 15.2. The van der Waals surface area contributed by atoms with E-state index in [9.17, 15) is 0 Å². The maximum Gasteiger partial charge on any atom is 0.186 e. The lowest BCUT2D eigenvalue weighted by atomic mass is 10.1. The highest BCUT2D eigenvalue weighted by Gasteiger charge is 2.19. The average molecular weight is 296 g/mol. The molecule has 0 unspecified atom stereocenters. The summed E-state index contributed by atoms with van der Waals surface area (Å²) in [6, 6.07) is 7.39. The van der Waals surface area contributed by atoms with E-state index in [0.717, 1.165) is 24.3 Å². The first-order valence-corrected chi connectivity index (χ1v) is 10.4. The predicted octanol–water partition coefficient (Wildman–Crippen LogP) is 4.27. The van der Waals surface area contributed by atoms with Gasteiger partial charge in [-0.05, 0) is 63.5 Å². The van der Waals surface area contributed by atoms with Crippen LogP contribution in [0, 0.1) is 0 Å². The van der Waals surface area contributed by atoms with E-state index < -0.39 is 8.32 Å². The Balaban J connectivity index is 2.64. The second-order valence-corrected chi connectivity index (χ2v) is 10.4. The Hall–Kier alpha value is -1.00. The van der Waals surface area contributed by atoms with Gasteiger partial charge in [0.05, 0.1) is 13.2 Å². The number of aryl methyl sites for hydroxylation is 1. The highest BCUT2D eigenvalue weighted by Crippen LogP contribution is 2.29. The van der Waals surface area contributed by atoms with Crippen LogP contribution in [0.5, 0.6) is 11.5 Å². The minimum absolute atomic E-state index is 0.156. The first-order valence-electron chi connectivity index (χ1n) is 7.26. The molecule has 20 heavy (non-hydrogen) atoms. The summed E-state index contributed by atoms with van der Waals surface area (Å²) in [5.74, 6) is 1.64. The van der Waals surface area contributed by atoms with Gasteiger partial charge >= 0.3 is 0 Å². The Kier molecular flexibility index (Phi) is 6.56. The molecule has 3 nitrogen and oxygen atoms in total. The van der Waals surface area contributed by atoms with E-state index >= 15 is 0 Å². The molecule has 0 spiro atoms. The Morgan fingerprint density at radius 2 is 1.80 bits per heavy atom. The molecule has 0 bridgehead atoms. The third-order valence-corrected chi connectivity index (χ3v) is 6.05. The third kappa shape index (κ3) is 5.55. The number of hydrogen-bond donors (Lipinski definition) is 0. The fraction of sp³-hybridized carbons (Fsp3) is 0.625. The average Bonchev–Trinajstić information content (AvgIpc) is 2.39. The van der Waals surface area contributed by atoms with Gasteiger partial charge in [-0.25, -0.2) is 0 Å². The summed E-state index contributed by atoms with van der Waals surface area (Å²) in [7, 11) is 2.07. The predicted molar refractivity (Wildman–Crippen MR) is 86.4 cm³/mol. The number of benzene rings is 1. The molecule has 0 heterocycles. The van der Waals surface area contributed by atoms with Crippen LogP contribution in [0.2, 0.25) is 19.1 Å². The van der Waals surface area contributed by atoms with Crippen molar-refractivity contribution in [2.24, 2.45) is 0 Å². The molecule has 0 aliphatic heterocycles. The maximum absolute atomic E-state index is 5.73. The van der Waals surface area contributed by atoms with E-state index in [1.807, 2.05) is 27.0 Å². The molecule has 114 valence electrons. The van der Waals surface area contributed by atoms with E-state index in [2.05, 4.69) is 25.2 Å². The lowest BCUT2D eigenvalue weighted by Crippen LogP contribution is -2.28. The van der Waals surface area contributed by atoms with Crippen LogP contribution in [0.1, 0.15) is 25.8 Å². The Morgan fingerprint density at radius 1 is 1.10 bits per heavy atom. The molecule has 1 aromatic carbocycles. The van der Waals surface area contributed by atoms with Crippen molar-refractivity contribution in [2.75, 3.05) is 14.2 Å². The van der Waals surface area contributed by atoms with Gasteiger partial charge in [-0.1, -0.05) is 6.07 Å². The van der Waals surface area contributed by atoms with Crippen LogP contribution in [-0.2, 0) is 10.8 Å². The van der Waals surface area contributed by atoms with Gasteiger partial charge in [0.25, 0.3) is 0 Å². The molecule has 0 aliphatic carbocycles. The van der Waals surface area contributed by atoms with Crippen molar-refractivity contribution < 1.29 is 13.9 Å². The topological polar surface area (TPSA) is 27.7 Å². The van der Waals surface area contributed by atoms with Crippen LogP contribution >= 0.6 is 0 Å². The largest absolute Gasteiger partial charge is 0.493 e. The molecule has 0 amide bonds. The van der Waals surface area contributed by atoms with Crippen LogP contribution in [0.25, 0.3) is 0 Å². The minimum Gasteiger partial charge on any atom is -0.493 e. The van der Waals surface area contributed by atoms with Crippen molar-refractivity contribution in [3.8, 4) is 11.5 Å². The van der Waals surface area contributed by atoms with Crippen molar-refractivity contribution in [3.05, 3.63) is 23.8 Å². The first-order chi connectivity index (χ1) is 9.38. The van der Waals surface area contributed by atoms with Crippen LogP contribution in [0.4, 0.5) is 0 Å². The molecule has 0 aromatic heterocycles. The van der Waals surface area contributed by atoms with E-state index in [1.165, 1.54) is 11.6 Å². The van der Waals surface area contributed by atoms with Crippen LogP contribution in [0.15, 0.2) is 18.2 Å². The van der Waals surface area contributed by atoms with Gasteiger partial charge in [-0.3, -0.25) is 0 Å². The van der Waals surface area contributed by atoms with Gasteiger partial charge < -0.3 is 13.9 Å². The monoisotopic (exact) mass is 296 g/mol. The van der Waals surface area contributed by atoms with Crippen molar-refractivity contribution in [1.82, 2.24) is 0 Å². The molecule has 4 heteroatoms. The van der Waals surface area contributed by atoms with Gasteiger partial charge in [0.1, 0.15) is 0 Å². The first kappa shape index (κ1) is 17.0. The van der Waals surface area contributed by atoms with E-state index in [1.54, 1.807) is 7.11 Å². The summed E-state index contributed by atoms with van der Waals surface area (Å²) in [4.78, 5) is 0. The lowest BCUT2D eigenvalue weighted by molar-refractivity contribution is 0.230. The molecule has 0 atom stereocenters. The number of hydrogen-bond acceptors (Lipinski definition) is 3. The van der Waals surface area contributed by atoms with Crippen molar-refractivity contribution in [3.63, 3.8) is 0 Å². The Morgan fingerprint density at radius 3 is 2.35 bits per heavy atom. The summed E-state index contributed by atoms with van der Waals surface area (Å²) >= 11 is 0. The van der Waals surface area contributed by atoms with Crippen molar-refractivity contribution in [2.45, 2.75) is 51.9 Å². The van der Waals surface area contributed by atoms with Gasteiger partial charge in [0, 0.05) is 7.11 Å². The number of methoxy groups -OCH3 is 1. The van der Waals surface area contributed by atoms with Gasteiger partial charge in [-0.2, -0.15) is 0 Å². The third-order valence-electron chi connectivity index (χ3n) is 3.39. The summed E-state index contributed by atoms with van der Waals surface area (Å²) < 4.78 is 16.7. The highest BCUT2D eigenvalue weighted by atomic mass is 28.4. The van der Waals surface area contributed by atoms with Crippen LogP contribution < -0.4 is 9.47 Å². The molecule has 0 radical (unpaired) electrons. The highest BCUT2D eigenvalue weighted by molar-refractivity contribution is 6.71. The summed E-state index contributed by atoms with van der Waals surface area (Å²) in [6.45, 7) is 8.55. The molecule has 0 N–H and O–H groups in total. The smallest absolute Gasteiger partial charge is 0.186 e. The molecular formula is C16H28O3Si. The van der Waals surface area contributed by atoms with E-state index in [-0.39, 0.29) is 6.10 Å². The number of rotatable bonds is 8. The lowest BCUT2D eigenvalue weighted by Gasteiger charge is -2.19. The van der Waals surface area contributed by atoms with Crippen LogP contribution in [0.3, 0.4) is 0 Å². The Bertz CT molecular complexity index is 416. The van der Waals surface area contributed by atoms with E-state index in [0.29, 0.717) is 0 Å². The second-order valence-electron chi connectivity index (χ2n) is 5.97. The number of ether oxygens (including phenoxy) is 2. The standard InChI is InChI=1S/C16H28O3Si/c1-13(2)19-15-10-9-14(12-16(15)17-3)8-7-11-20(5,6)18-4/h9-10,12-13H,7-8,11H2,1-6H3. The second kappa shape index (κ2) is 7.69. The quantitative estimate of drug-likeness (QED) is 0.671. The fourth-order valence-electron chi connectivity index (χ4n) is 2.04. The SMILES string of the molecule is COc1cc(CCC[Si](C)(C)OC)ccc1OC(C)C. The van der Waals surface area contributed by atoms with Crippen LogP contribution in [-0.4, -0.2) is 28.6 Å². The summed E-state index contributed by atoms with van der Waals surface area (Å²) in [5, 5.41) is 0. The zero-order valence-electron chi connectivity index (χ0n) is 13.7. The fourth-order valence-corrected chi connectivity index (χ4v) is 3.27. The molecule has 0 saturated carbocycles. The van der Waals surface area contributed by atoms with Crippen molar-refractivity contribution >= 4 is 8.32 Å². The molecule has 0 saturated heterocycles. The minimum atomic E-state index is -1.44. The Labute approximate surface area is 124 Å². The normalized spacial score (nSPS) is 11.8. The molecule has 1 aromatic rings. The van der Waals surface area contributed by atoms with Gasteiger partial charge in [0.2, 0.25) is 0 Å². The van der Waals surface area contributed by atoms with Gasteiger partial charge in [-0.15, -0.1) is 0 Å². The zero-order valence-corrected chi connectivity index (χ0v) is 14.7. The summed E-state index contributed by atoms with van der Waals surface area (Å²) in [6.07, 6.45) is 2.36.